The van der Waals surface area contributed by atoms with Gasteiger partial charge in [-0.25, -0.2) is 9.37 Å². The van der Waals surface area contributed by atoms with Crippen LogP contribution in [0.2, 0.25) is 0 Å². The standard InChI is InChI=1S/C19H18F4N4O3S2/c1-9(16(29)27-12(14(28)15(24)31)6-7-19(21,22)23)26-17(30)13-8-25-18(32-13)10-2-4-11(20)5-3-10/h2-5,8-9,12H,6-7H2,1H3,(H2,24,31)(H,26,30)(H,27,29)/t9-,12-/m0/s1. The number of Topliss-reactive ketones (excluding diaryl/α,β-unsaturated/α-hetero) is 1. The number of aromatic nitrogens is 1. The van der Waals surface area contributed by atoms with Crippen molar-refractivity contribution in [2.24, 2.45) is 5.73 Å². The highest BCUT2D eigenvalue weighted by Gasteiger charge is 2.32. The summed E-state index contributed by atoms with van der Waals surface area (Å²) in [5, 5.41) is 4.97. The number of benzene rings is 1. The van der Waals surface area contributed by atoms with Crippen LogP contribution in [0, 0.1) is 5.82 Å². The number of halogens is 4. The van der Waals surface area contributed by atoms with E-state index in [-0.39, 0.29) is 4.88 Å². The number of thiazole rings is 1. The van der Waals surface area contributed by atoms with E-state index in [1.54, 1.807) is 0 Å². The fourth-order valence-electron chi connectivity index (χ4n) is 2.48. The van der Waals surface area contributed by atoms with Gasteiger partial charge in [-0.2, -0.15) is 13.2 Å². The van der Waals surface area contributed by atoms with E-state index >= 15 is 0 Å². The number of hydrogen-bond acceptors (Lipinski definition) is 6. The Morgan fingerprint density at radius 1 is 1.19 bits per heavy atom. The number of nitrogens with one attached hydrogen (secondary N) is 2. The number of carbonyl (C=O) groups excluding carboxylic acids is 3. The van der Waals surface area contributed by atoms with Crippen LogP contribution in [0.25, 0.3) is 10.6 Å². The maximum Gasteiger partial charge on any atom is 0.389 e. The number of alkyl halides is 3. The van der Waals surface area contributed by atoms with Gasteiger partial charge in [0.2, 0.25) is 11.7 Å². The third kappa shape index (κ3) is 7.34. The number of hydrogen-bond donors (Lipinski definition) is 3. The van der Waals surface area contributed by atoms with E-state index in [4.69, 9.17) is 5.73 Å². The number of nitrogens with zero attached hydrogens (tertiary/aromatic N) is 1. The summed E-state index contributed by atoms with van der Waals surface area (Å²) in [6.45, 7) is 1.29. The SMILES string of the molecule is C[C@H](NC(=O)c1cnc(-c2ccc(F)cc2)s1)C(=O)N[C@@H](CCC(F)(F)F)C(=O)C(N)=S. The molecule has 2 amide bonds. The Hall–Kier alpha value is -2.93. The summed E-state index contributed by atoms with van der Waals surface area (Å²) < 4.78 is 50.6. The molecule has 1 aromatic heterocycles. The number of carbonyl (C=O) groups is 3. The highest BCUT2D eigenvalue weighted by Crippen LogP contribution is 2.25. The Morgan fingerprint density at radius 2 is 1.81 bits per heavy atom. The fraction of sp³-hybridized carbons (Fsp3) is 0.316. The molecule has 1 aromatic carbocycles. The van der Waals surface area contributed by atoms with Crippen LogP contribution in [-0.2, 0) is 9.59 Å². The first kappa shape index (κ1) is 25.3. The summed E-state index contributed by atoms with van der Waals surface area (Å²) >= 11 is 5.50. The number of ketones is 1. The number of rotatable bonds is 9. The molecule has 0 bridgehead atoms. The van der Waals surface area contributed by atoms with E-state index in [2.05, 4.69) is 27.8 Å². The first-order valence-electron chi connectivity index (χ1n) is 9.11. The molecule has 0 fully saturated rings. The summed E-state index contributed by atoms with van der Waals surface area (Å²) in [6.07, 6.45) is -5.36. The molecule has 0 saturated carbocycles. The second-order valence-electron chi connectivity index (χ2n) is 6.68. The van der Waals surface area contributed by atoms with Crippen LogP contribution in [0.5, 0.6) is 0 Å². The largest absolute Gasteiger partial charge is 0.389 e. The lowest BCUT2D eigenvalue weighted by molar-refractivity contribution is -0.139. The van der Waals surface area contributed by atoms with Crippen LogP contribution in [0.3, 0.4) is 0 Å². The van der Waals surface area contributed by atoms with Gasteiger partial charge >= 0.3 is 6.18 Å². The number of nitrogens with two attached hydrogens (primary N) is 1. The van der Waals surface area contributed by atoms with E-state index in [0.29, 0.717) is 10.6 Å². The van der Waals surface area contributed by atoms with Gasteiger partial charge < -0.3 is 16.4 Å². The van der Waals surface area contributed by atoms with E-state index in [0.717, 1.165) is 11.3 Å². The Kier molecular flexibility index (Phi) is 8.38. The molecule has 0 saturated heterocycles. The minimum Gasteiger partial charge on any atom is -0.387 e. The average molecular weight is 491 g/mol. The zero-order valence-electron chi connectivity index (χ0n) is 16.5. The lowest BCUT2D eigenvalue weighted by Crippen LogP contribution is -2.52. The molecule has 0 unspecified atom stereocenters. The molecule has 0 spiro atoms. The van der Waals surface area contributed by atoms with Crippen LogP contribution in [-0.4, -0.2) is 45.8 Å². The Balaban J connectivity index is 2.02. The van der Waals surface area contributed by atoms with Crippen molar-refractivity contribution in [2.45, 2.75) is 38.0 Å². The molecule has 0 aliphatic rings. The van der Waals surface area contributed by atoms with E-state index in [1.165, 1.54) is 37.4 Å². The van der Waals surface area contributed by atoms with Gasteiger partial charge in [-0.05, 0) is 37.6 Å². The van der Waals surface area contributed by atoms with Gasteiger partial charge in [0.1, 0.15) is 26.7 Å². The molecule has 0 aliphatic carbocycles. The molecule has 4 N–H and O–H groups in total. The van der Waals surface area contributed by atoms with Crippen molar-refractivity contribution in [1.82, 2.24) is 15.6 Å². The van der Waals surface area contributed by atoms with Crippen molar-refractivity contribution in [3.05, 3.63) is 41.2 Å². The van der Waals surface area contributed by atoms with Crippen molar-refractivity contribution in [2.75, 3.05) is 0 Å². The summed E-state index contributed by atoms with van der Waals surface area (Å²) in [5.74, 6) is -2.99. The van der Waals surface area contributed by atoms with Gasteiger partial charge in [-0.15, -0.1) is 11.3 Å². The third-order valence-corrected chi connectivity index (χ3v) is 5.40. The zero-order valence-corrected chi connectivity index (χ0v) is 18.2. The van der Waals surface area contributed by atoms with Crippen molar-refractivity contribution in [3.63, 3.8) is 0 Å². The van der Waals surface area contributed by atoms with Gasteiger partial charge in [-0.1, -0.05) is 12.2 Å². The number of thiocarbonyl (C=S) groups is 1. The molecule has 13 heteroatoms. The minimum absolute atomic E-state index is 0.150. The molecular formula is C19H18F4N4O3S2. The second kappa shape index (κ2) is 10.6. The lowest BCUT2D eigenvalue weighted by atomic mass is 10.1. The Bertz CT molecular complexity index is 1010. The third-order valence-electron chi connectivity index (χ3n) is 4.15. The van der Waals surface area contributed by atoms with Crippen LogP contribution in [0.15, 0.2) is 30.5 Å². The average Bonchev–Trinajstić information content (AvgIpc) is 3.20. The number of amides is 2. The normalized spacial score (nSPS) is 13.2. The Morgan fingerprint density at radius 3 is 2.38 bits per heavy atom. The van der Waals surface area contributed by atoms with Crippen molar-refractivity contribution >= 4 is 46.1 Å². The summed E-state index contributed by atoms with van der Waals surface area (Å²) in [7, 11) is 0. The van der Waals surface area contributed by atoms with Gasteiger partial charge in [0.25, 0.3) is 5.91 Å². The molecule has 2 atom stereocenters. The van der Waals surface area contributed by atoms with Gasteiger partial charge in [0, 0.05) is 12.0 Å². The second-order valence-corrected chi connectivity index (χ2v) is 8.15. The highest BCUT2D eigenvalue weighted by molar-refractivity contribution is 7.82. The molecule has 0 radical (unpaired) electrons. The van der Waals surface area contributed by atoms with E-state index in [9.17, 15) is 31.9 Å². The maximum atomic E-state index is 13.0. The minimum atomic E-state index is -4.55. The highest BCUT2D eigenvalue weighted by atomic mass is 32.1. The first-order valence-corrected chi connectivity index (χ1v) is 10.3. The first-order chi connectivity index (χ1) is 14.9. The summed E-state index contributed by atoms with van der Waals surface area (Å²) in [6, 6.07) is 2.71. The van der Waals surface area contributed by atoms with Crippen molar-refractivity contribution in [1.29, 1.82) is 0 Å². The summed E-state index contributed by atoms with van der Waals surface area (Å²) in [5.41, 5.74) is 5.78. The van der Waals surface area contributed by atoms with Crippen molar-refractivity contribution in [3.8, 4) is 10.6 Å². The molecule has 32 heavy (non-hydrogen) atoms. The molecular weight excluding hydrogens is 472 g/mol. The smallest absolute Gasteiger partial charge is 0.387 e. The van der Waals surface area contributed by atoms with Crippen LogP contribution in [0.4, 0.5) is 17.6 Å². The predicted octanol–water partition coefficient (Wildman–Crippen LogP) is 2.75. The van der Waals surface area contributed by atoms with Crippen molar-refractivity contribution < 1.29 is 31.9 Å². The van der Waals surface area contributed by atoms with E-state index in [1.807, 2.05) is 0 Å². The van der Waals surface area contributed by atoms with Gasteiger partial charge in [0.15, 0.2) is 0 Å². The van der Waals surface area contributed by atoms with Crippen LogP contribution in [0.1, 0.15) is 29.4 Å². The monoisotopic (exact) mass is 490 g/mol. The molecule has 172 valence electrons. The quantitative estimate of drug-likeness (QED) is 0.368. The predicted molar refractivity (Wildman–Crippen MR) is 113 cm³/mol. The van der Waals surface area contributed by atoms with Gasteiger partial charge in [0.05, 0.1) is 12.2 Å². The van der Waals surface area contributed by atoms with E-state index < -0.39 is 59.5 Å². The molecule has 7 nitrogen and oxygen atoms in total. The van der Waals surface area contributed by atoms with Gasteiger partial charge in [-0.3, -0.25) is 14.4 Å². The molecule has 0 aliphatic heterocycles. The van der Waals surface area contributed by atoms with Crippen LogP contribution < -0.4 is 16.4 Å². The summed E-state index contributed by atoms with van der Waals surface area (Å²) in [4.78, 5) is 40.3. The molecule has 2 aromatic rings. The molecule has 2 rings (SSSR count). The topological polar surface area (TPSA) is 114 Å². The lowest BCUT2D eigenvalue weighted by Gasteiger charge is -2.20. The fourth-order valence-corrected chi connectivity index (χ4v) is 3.45. The maximum absolute atomic E-state index is 13.0. The molecule has 1 heterocycles. The zero-order chi connectivity index (χ0) is 24.1. The van der Waals surface area contributed by atoms with Crippen LogP contribution >= 0.6 is 23.6 Å². The Labute approximate surface area is 189 Å².